The van der Waals surface area contributed by atoms with Crippen molar-refractivity contribution in [2.45, 2.75) is 50.5 Å². The number of carbonyl (C=O) groups is 3. The molecule has 1 aliphatic heterocycles. The second-order valence-electron chi connectivity index (χ2n) is 8.74. The summed E-state index contributed by atoms with van der Waals surface area (Å²) >= 11 is 1.57. The Hall–Kier alpha value is -3.72. The Labute approximate surface area is 233 Å². The molecule has 0 spiro atoms. The minimum absolute atomic E-state index is 0.174. The summed E-state index contributed by atoms with van der Waals surface area (Å²) in [6.45, 7) is 6.07. The largest absolute Gasteiger partial charge is 0.497 e. The first-order valence-corrected chi connectivity index (χ1v) is 14.0. The molecule has 8 nitrogen and oxygen atoms in total. The smallest absolute Gasteiger partial charge is 0.336 e. The highest BCUT2D eigenvalue weighted by molar-refractivity contribution is 7.98. The van der Waals surface area contributed by atoms with Gasteiger partial charge in [0.15, 0.2) is 0 Å². The minimum atomic E-state index is -0.696. The Morgan fingerprint density at radius 3 is 2.28 bits per heavy atom. The fourth-order valence-corrected chi connectivity index (χ4v) is 5.12. The van der Waals surface area contributed by atoms with E-state index in [9.17, 15) is 14.4 Å². The maximum Gasteiger partial charge on any atom is 0.336 e. The second-order valence-corrected chi connectivity index (χ2v) is 9.62. The summed E-state index contributed by atoms with van der Waals surface area (Å²) in [5.74, 6) is -1.03. The lowest BCUT2D eigenvalue weighted by Gasteiger charge is -2.32. The molecule has 9 heteroatoms. The van der Waals surface area contributed by atoms with Gasteiger partial charge in [0.25, 0.3) is 6.47 Å². The summed E-state index contributed by atoms with van der Waals surface area (Å²) in [5, 5.41) is 3.28. The lowest BCUT2D eigenvalue weighted by Crippen LogP contribution is -2.33. The number of ether oxygens (including phenoxy) is 4. The van der Waals surface area contributed by atoms with Gasteiger partial charge in [-0.1, -0.05) is 24.3 Å². The van der Waals surface area contributed by atoms with Gasteiger partial charge in [-0.15, -0.1) is 11.8 Å². The number of benzene rings is 2. The van der Waals surface area contributed by atoms with Gasteiger partial charge in [-0.2, -0.15) is 0 Å². The van der Waals surface area contributed by atoms with Gasteiger partial charge in [0.1, 0.15) is 11.9 Å². The van der Waals surface area contributed by atoms with Crippen LogP contribution in [0.2, 0.25) is 0 Å². The van der Waals surface area contributed by atoms with Crippen molar-refractivity contribution in [1.82, 2.24) is 5.32 Å². The van der Waals surface area contributed by atoms with Crippen molar-refractivity contribution in [3.05, 3.63) is 82.2 Å². The van der Waals surface area contributed by atoms with Crippen LogP contribution in [0.4, 0.5) is 0 Å². The molecule has 1 aliphatic rings. The van der Waals surface area contributed by atoms with Crippen molar-refractivity contribution in [1.29, 1.82) is 0 Å². The monoisotopic (exact) mass is 553 g/mol. The molecule has 0 aromatic heterocycles. The molecule has 2 aromatic carbocycles. The molecule has 39 heavy (non-hydrogen) atoms. The normalized spacial score (nSPS) is 15.8. The van der Waals surface area contributed by atoms with Crippen LogP contribution >= 0.6 is 11.8 Å². The zero-order valence-electron chi connectivity index (χ0n) is 22.9. The number of methoxy groups -OCH3 is 1. The topological polar surface area (TPSA) is 100 Å². The molecule has 1 N–H and O–H groups in total. The van der Waals surface area contributed by atoms with Crippen LogP contribution in [-0.4, -0.2) is 45.0 Å². The third-order valence-corrected chi connectivity index (χ3v) is 7.15. The van der Waals surface area contributed by atoms with Crippen LogP contribution in [0.25, 0.3) is 0 Å². The molecular weight excluding hydrogens is 518 g/mol. The molecule has 0 radical (unpaired) electrons. The molecule has 0 aliphatic carbocycles. The van der Waals surface area contributed by atoms with Crippen LogP contribution in [0, 0.1) is 0 Å². The predicted octanol–water partition coefficient (Wildman–Crippen LogP) is 5.45. The Morgan fingerprint density at radius 1 is 1.03 bits per heavy atom. The summed E-state index contributed by atoms with van der Waals surface area (Å²) in [6, 6.07) is 15.0. The van der Waals surface area contributed by atoms with E-state index in [-0.39, 0.29) is 13.2 Å². The number of rotatable bonds is 13. The lowest BCUT2D eigenvalue weighted by molar-refractivity contribution is -0.140. The fraction of sp³-hybridized carbons (Fsp3) is 0.367. The van der Waals surface area contributed by atoms with E-state index in [0.717, 1.165) is 16.0 Å². The Balaban J connectivity index is 2.09. The maximum atomic E-state index is 13.5. The standard InChI is InChI=1S/C30H35NO7S/c1-6-36-29(33)26-19(3)31-24(15-16-25(38-18-32)20-11-13-22(35-4)14-12-20)28(30(34)37-7-2)27(26)21-9-8-10-23(17-21)39-5/h8-14,17-18,25,27,31H,6-7,15-16H2,1-5H3. The van der Waals surface area contributed by atoms with Gasteiger partial charge < -0.3 is 24.3 Å². The molecule has 208 valence electrons. The van der Waals surface area contributed by atoms with E-state index in [4.69, 9.17) is 18.9 Å². The summed E-state index contributed by atoms with van der Waals surface area (Å²) in [7, 11) is 1.58. The minimum Gasteiger partial charge on any atom is -0.497 e. The average Bonchev–Trinajstić information content (AvgIpc) is 2.95. The van der Waals surface area contributed by atoms with Gasteiger partial charge in [0, 0.05) is 16.3 Å². The van der Waals surface area contributed by atoms with E-state index in [1.807, 2.05) is 42.7 Å². The molecular formula is C30H35NO7S. The van der Waals surface area contributed by atoms with Gasteiger partial charge in [0.05, 0.1) is 37.4 Å². The quantitative estimate of drug-likeness (QED) is 0.150. The van der Waals surface area contributed by atoms with Crippen LogP contribution in [0.3, 0.4) is 0 Å². The van der Waals surface area contributed by atoms with Gasteiger partial charge in [-0.3, -0.25) is 4.79 Å². The first kappa shape index (κ1) is 29.8. The number of nitrogens with one attached hydrogen (secondary N) is 1. The number of esters is 2. The second kappa shape index (κ2) is 14.4. The van der Waals surface area contributed by atoms with Crippen LogP contribution in [0.15, 0.2) is 76.0 Å². The van der Waals surface area contributed by atoms with Crippen LogP contribution in [0.1, 0.15) is 56.8 Å². The van der Waals surface area contributed by atoms with Gasteiger partial charge in [-0.25, -0.2) is 9.59 Å². The van der Waals surface area contributed by atoms with Crippen molar-refractivity contribution in [2.24, 2.45) is 0 Å². The maximum absolute atomic E-state index is 13.5. The fourth-order valence-electron chi connectivity index (χ4n) is 4.65. The first-order chi connectivity index (χ1) is 18.9. The zero-order valence-corrected chi connectivity index (χ0v) is 23.8. The third-order valence-electron chi connectivity index (χ3n) is 6.43. The number of hydrogen-bond donors (Lipinski definition) is 1. The summed E-state index contributed by atoms with van der Waals surface area (Å²) in [5.41, 5.74) is 3.46. The molecule has 1 heterocycles. The predicted molar refractivity (Wildman–Crippen MR) is 149 cm³/mol. The average molecular weight is 554 g/mol. The Bertz CT molecular complexity index is 1240. The van der Waals surface area contributed by atoms with E-state index in [2.05, 4.69) is 5.32 Å². The number of allylic oxidation sites excluding steroid dienone is 2. The van der Waals surface area contributed by atoms with Crippen LogP contribution in [-0.2, 0) is 28.6 Å². The molecule has 0 amide bonds. The van der Waals surface area contributed by atoms with Crippen molar-refractivity contribution in [3.8, 4) is 5.75 Å². The molecule has 0 bridgehead atoms. The molecule has 2 unspecified atom stereocenters. The van der Waals surface area contributed by atoms with Crippen molar-refractivity contribution < 1.29 is 33.3 Å². The van der Waals surface area contributed by atoms with Crippen molar-refractivity contribution >= 4 is 30.2 Å². The van der Waals surface area contributed by atoms with E-state index < -0.39 is 24.0 Å². The van der Waals surface area contributed by atoms with E-state index in [1.54, 1.807) is 51.8 Å². The van der Waals surface area contributed by atoms with Crippen LogP contribution in [0.5, 0.6) is 5.75 Å². The summed E-state index contributed by atoms with van der Waals surface area (Å²) in [4.78, 5) is 39.0. The lowest BCUT2D eigenvalue weighted by atomic mass is 9.79. The molecule has 2 aromatic rings. The molecule has 2 atom stereocenters. The zero-order chi connectivity index (χ0) is 28.4. The van der Waals surface area contributed by atoms with Gasteiger partial charge >= 0.3 is 11.9 Å². The SMILES string of the molecule is CCOC(=O)C1=C(C)NC(CCC(OC=O)c2ccc(OC)cc2)=C(C(=O)OCC)C1c1cccc(SC)c1. The first-order valence-electron chi connectivity index (χ1n) is 12.8. The molecule has 0 fully saturated rings. The highest BCUT2D eigenvalue weighted by Gasteiger charge is 2.39. The van der Waals surface area contributed by atoms with Gasteiger partial charge in [0.2, 0.25) is 0 Å². The van der Waals surface area contributed by atoms with E-state index in [1.165, 1.54) is 0 Å². The third kappa shape index (κ3) is 7.23. The van der Waals surface area contributed by atoms with Crippen LogP contribution < -0.4 is 10.1 Å². The van der Waals surface area contributed by atoms with E-state index in [0.29, 0.717) is 47.6 Å². The Kier molecular flexibility index (Phi) is 11.0. The summed E-state index contributed by atoms with van der Waals surface area (Å²) in [6.07, 6.45) is 2.15. The molecule has 0 saturated heterocycles. The molecule has 0 saturated carbocycles. The van der Waals surface area contributed by atoms with E-state index >= 15 is 0 Å². The number of dihydropyridines is 1. The van der Waals surface area contributed by atoms with Gasteiger partial charge in [-0.05, 0) is 75.3 Å². The highest BCUT2D eigenvalue weighted by atomic mass is 32.2. The highest BCUT2D eigenvalue weighted by Crippen LogP contribution is 2.41. The summed E-state index contributed by atoms with van der Waals surface area (Å²) < 4.78 is 21.5. The number of carbonyl (C=O) groups excluding carboxylic acids is 3. The molecule has 3 rings (SSSR count). The van der Waals surface area contributed by atoms with Crippen molar-refractivity contribution in [2.75, 3.05) is 26.6 Å². The van der Waals surface area contributed by atoms with Crippen molar-refractivity contribution in [3.63, 3.8) is 0 Å². The Morgan fingerprint density at radius 2 is 1.69 bits per heavy atom. The number of hydrogen-bond acceptors (Lipinski definition) is 9. The number of thioether (sulfide) groups is 1.